The number of sulfone groups is 2. The Labute approximate surface area is 751 Å². The molecule has 5 saturated carbocycles. The number of carbonyl (C=O) groups excluding carboxylic acids is 14. The number of nitrogens with one attached hydrogen (secondary N) is 7. The van der Waals surface area contributed by atoms with Crippen LogP contribution in [0.3, 0.4) is 0 Å². The second-order valence-electron chi connectivity index (χ2n) is 42.1. The Hall–Kier alpha value is -7.89. The minimum Gasteiger partial charge on any atom is -0.483 e. The minimum atomic E-state index is -3.55. The third kappa shape index (κ3) is 26.3. The topological polar surface area (TPSA) is 543 Å². The molecule has 5 aliphatic carbocycles. The van der Waals surface area contributed by atoms with E-state index in [9.17, 15) is 84.0 Å². The number of carbonyl (C=O) groups is 15. The van der Waals surface area contributed by atoms with Gasteiger partial charge in [0.25, 0.3) is 24.2 Å². The molecule has 6 aliphatic heterocycles. The maximum Gasteiger partial charge on any atom is 0.315 e. The normalized spacial score (nSPS) is 30.8. The number of nitrogens with two attached hydrogens (primary N) is 4. The number of piperidine rings is 3. The zero-order valence-corrected chi connectivity index (χ0v) is 79.2. The number of primary amides is 3. The van der Waals surface area contributed by atoms with Gasteiger partial charge in [-0.2, -0.15) is 0 Å². The van der Waals surface area contributed by atoms with Crippen LogP contribution in [0.1, 0.15) is 321 Å². The summed E-state index contributed by atoms with van der Waals surface area (Å²) in [5, 5.41) is 27.0. The summed E-state index contributed by atoms with van der Waals surface area (Å²) >= 11 is 0. The van der Waals surface area contributed by atoms with Crippen LogP contribution in [-0.2, 0) is 82.0 Å². The molecular formula is C91H152N14O20S2. The van der Waals surface area contributed by atoms with Crippen LogP contribution in [-0.4, -0.2) is 232 Å². The van der Waals surface area contributed by atoms with Gasteiger partial charge in [-0.25, -0.2) is 26.4 Å². The Morgan fingerprint density at radius 3 is 0.874 bits per heavy atom. The third-order valence-electron chi connectivity index (χ3n) is 30.1. The van der Waals surface area contributed by atoms with Crippen molar-refractivity contribution in [2.24, 2.45) is 74.7 Å². The number of fused-ring (bicyclic) bond motifs is 9. The SMILES string of the molecule is CC1(C)[C@@H]2[C@H]3C(=O)N[C@H](C(=O)C(N)=O)CCCCCCCCC[C@H](N)C(=O)N3C[C@@H]21.CC1(C)[C@@H]2[C@H]3C(=O)N[C@H](C(=O)C(N)=O)CCCCCCCCC[C@H](NC(=O)NC4(CS(=O)(=O)C(C)(C)C)CCCCC4)C(=O)N3C[C@@H]21.CC1(C)[C@@H]2[C@H]3C(=O)N[C@H](C(=O)C(N)=O)CCCCCCCCC[C@H](NC(=O)NC4(CS(=O)(=O)C(C)(C)C)CCCCC4)C(=O)N3C[C@@H]21.O=CO. The molecule has 0 aromatic heterocycles. The van der Waals surface area contributed by atoms with E-state index in [4.69, 9.17) is 32.8 Å². The van der Waals surface area contributed by atoms with Gasteiger partial charge < -0.3 is 80.0 Å². The van der Waals surface area contributed by atoms with Crippen molar-refractivity contribution in [2.45, 2.75) is 396 Å². The number of hydrogen-bond acceptors (Lipinski definition) is 20. The molecule has 11 rings (SSSR count). The van der Waals surface area contributed by atoms with Crippen LogP contribution in [0.15, 0.2) is 0 Å². The summed E-state index contributed by atoms with van der Waals surface area (Å²) in [6.45, 7) is 23.4. The number of rotatable bonds is 14. The number of carboxylic acid groups (broad SMARTS) is 1. The van der Waals surface area contributed by atoms with Crippen molar-refractivity contribution in [1.29, 1.82) is 0 Å². The molecule has 36 heteroatoms. The van der Waals surface area contributed by atoms with Gasteiger partial charge in [0.15, 0.2) is 19.7 Å². The molecule has 13 amide bonds. The van der Waals surface area contributed by atoms with Gasteiger partial charge in [-0.1, -0.05) is 215 Å². The van der Waals surface area contributed by atoms with E-state index in [0.717, 1.165) is 148 Å². The summed E-state index contributed by atoms with van der Waals surface area (Å²) in [5.41, 5.74) is 19.8. The fraction of sp³-hybridized carbons (Fsp3) is 0.835. The third-order valence-corrected chi connectivity index (χ3v) is 35.7. The molecule has 0 bridgehead atoms. The number of nitrogens with zero attached hydrogens (tertiary/aromatic N) is 3. The molecule has 15 atom stereocenters. The average Bonchev–Trinajstić information content (AvgIpc) is 1.53. The zero-order valence-electron chi connectivity index (χ0n) is 77.6. The van der Waals surface area contributed by atoms with Gasteiger partial charge in [-0.3, -0.25) is 62.3 Å². The second kappa shape index (κ2) is 43.9. The highest BCUT2D eigenvalue weighted by atomic mass is 32.2. The molecule has 11 fully saturated rings. The first-order chi connectivity index (χ1) is 59.4. The van der Waals surface area contributed by atoms with Crippen LogP contribution in [0.5, 0.6) is 0 Å². The molecule has 16 N–H and O–H groups in total. The molecule has 718 valence electrons. The van der Waals surface area contributed by atoms with Gasteiger partial charge in [0.05, 0.1) is 56.2 Å². The first-order valence-corrected chi connectivity index (χ1v) is 50.5. The Kier molecular flexibility index (Phi) is 36.1. The largest absolute Gasteiger partial charge is 0.483 e. The van der Waals surface area contributed by atoms with Crippen LogP contribution in [0.2, 0.25) is 0 Å². The molecule has 0 aromatic carbocycles. The quantitative estimate of drug-likeness (QED) is 0.0628. The van der Waals surface area contributed by atoms with Gasteiger partial charge in [-0.15, -0.1) is 0 Å². The lowest BCUT2D eigenvalue weighted by atomic mass is 9.83. The van der Waals surface area contributed by atoms with Crippen molar-refractivity contribution in [3.63, 3.8) is 0 Å². The van der Waals surface area contributed by atoms with Crippen molar-refractivity contribution < 1.29 is 93.9 Å². The Balaban J connectivity index is 0.000000238. The average molecular weight is 1830 g/mol. The van der Waals surface area contributed by atoms with Gasteiger partial charge in [0, 0.05) is 19.6 Å². The first kappa shape index (κ1) is 104. The standard InChI is InChI=1S/2C34H57N5O7S.C22H36N4O4.CH2O2/c2*1-32(2,3)47(45,46)21-34(18-14-11-15-19-34)38-31(44)37-24-17-13-10-8-6-7-9-12-16-23(27(40)28(35)41)36-29(42)26-25-22(33(25,4)5)20-39(26)30(24)43;1-22(2)13-12-26-17(16(13)22)20(29)25-15(18(27)19(24)28)11-9-7-5-3-4-6-8-10-14(23)21(26)30;2-1-3/h2*22-26H,6-21H2,1-5H3,(H2,35,41)(H,36,42)(H2,37,38,44);13-17H,3-12,23H2,1-2H3,(H2,24,28)(H,25,29);1H,(H,2,3)/t2*22-,23-,24-,25-,26-;13-,14-,15-,16-,17-;/m000./s1. The molecule has 0 radical (unpaired) electrons. The van der Waals surface area contributed by atoms with E-state index < -0.39 is 154 Å². The molecule has 11 aliphatic rings. The number of ketones is 3. The van der Waals surface area contributed by atoms with Crippen molar-refractivity contribution in [2.75, 3.05) is 31.1 Å². The van der Waals surface area contributed by atoms with Crippen molar-refractivity contribution in [1.82, 2.24) is 51.9 Å². The molecule has 0 aromatic rings. The van der Waals surface area contributed by atoms with Gasteiger partial charge >= 0.3 is 12.1 Å². The van der Waals surface area contributed by atoms with Gasteiger partial charge in [-0.05, 0) is 158 Å². The molecule has 6 heterocycles. The maximum absolute atomic E-state index is 14.3. The molecular weight excluding hydrogens is 1670 g/mol. The van der Waals surface area contributed by atoms with Crippen molar-refractivity contribution in [3.05, 3.63) is 0 Å². The summed E-state index contributed by atoms with van der Waals surface area (Å²) in [7, 11) is -7.09. The molecule has 127 heavy (non-hydrogen) atoms. The Morgan fingerprint density at radius 2 is 0.622 bits per heavy atom. The minimum absolute atomic E-state index is 0.0348. The molecule has 0 spiro atoms. The van der Waals surface area contributed by atoms with Crippen LogP contribution in [0.4, 0.5) is 9.59 Å². The lowest BCUT2D eigenvalue weighted by Crippen LogP contribution is -2.62. The summed E-state index contributed by atoms with van der Waals surface area (Å²) < 4.78 is 51.2. The van der Waals surface area contributed by atoms with E-state index in [1.54, 1.807) is 56.2 Å². The summed E-state index contributed by atoms with van der Waals surface area (Å²) in [5.74, 6) is -8.14. The van der Waals surface area contributed by atoms with E-state index in [1.807, 2.05) is 0 Å². The van der Waals surface area contributed by atoms with Crippen LogP contribution < -0.4 is 60.2 Å². The monoisotopic (exact) mass is 1830 g/mol. The van der Waals surface area contributed by atoms with Gasteiger partial charge in [0.2, 0.25) is 52.8 Å². The predicted molar refractivity (Wildman–Crippen MR) is 478 cm³/mol. The van der Waals surface area contributed by atoms with E-state index in [2.05, 4.69) is 78.8 Å². The molecule has 34 nitrogen and oxygen atoms in total. The smallest absolute Gasteiger partial charge is 0.315 e. The number of hydrogen-bond donors (Lipinski definition) is 12. The highest BCUT2D eigenvalue weighted by molar-refractivity contribution is 7.93. The lowest BCUT2D eigenvalue weighted by Gasteiger charge is -2.40. The molecule has 0 unspecified atom stereocenters. The van der Waals surface area contributed by atoms with E-state index in [-0.39, 0.29) is 93.4 Å². The summed E-state index contributed by atoms with van der Waals surface area (Å²) in [4.78, 5) is 196. The summed E-state index contributed by atoms with van der Waals surface area (Å²) in [6, 6.07) is -9.01. The Morgan fingerprint density at radius 1 is 0.394 bits per heavy atom. The highest BCUT2D eigenvalue weighted by Crippen LogP contribution is 2.67. The fourth-order valence-electron chi connectivity index (χ4n) is 21.6. The van der Waals surface area contributed by atoms with Crippen LogP contribution in [0.25, 0.3) is 0 Å². The van der Waals surface area contributed by atoms with Crippen LogP contribution in [0, 0.1) is 51.8 Å². The number of Topliss-reactive ketones (excluding diaryl/α,β-unsaturated/α-hetero) is 3. The molecule has 6 saturated heterocycles. The predicted octanol–water partition coefficient (Wildman–Crippen LogP) is 6.80. The van der Waals surface area contributed by atoms with E-state index in [1.165, 1.54) is 0 Å². The van der Waals surface area contributed by atoms with Crippen LogP contribution >= 0.6 is 0 Å². The Bertz CT molecular complexity index is 4010. The lowest BCUT2D eigenvalue weighted by molar-refractivity contribution is -0.143. The summed E-state index contributed by atoms with van der Waals surface area (Å²) in [6.07, 6.45) is 28.3. The highest BCUT2D eigenvalue weighted by Gasteiger charge is 2.72. The van der Waals surface area contributed by atoms with E-state index >= 15 is 0 Å². The second-order valence-corrected chi connectivity index (χ2v) is 47.6. The number of amides is 13. The van der Waals surface area contributed by atoms with Crippen molar-refractivity contribution >= 4 is 109 Å². The number of urea groups is 2. The van der Waals surface area contributed by atoms with Gasteiger partial charge in [0.1, 0.15) is 30.2 Å². The zero-order chi connectivity index (χ0) is 94.3. The first-order valence-electron chi connectivity index (χ1n) is 47.2. The fourth-order valence-corrected chi connectivity index (χ4v) is 24.7. The maximum atomic E-state index is 14.3. The van der Waals surface area contributed by atoms with E-state index in [0.29, 0.717) is 110 Å². The van der Waals surface area contributed by atoms with Crippen molar-refractivity contribution in [3.8, 4) is 0 Å².